The molecule has 2 heterocycles. The predicted octanol–water partition coefficient (Wildman–Crippen LogP) is 3.31. The number of esters is 1. The zero-order valence-electron chi connectivity index (χ0n) is 16.2. The third kappa shape index (κ3) is 4.38. The summed E-state index contributed by atoms with van der Waals surface area (Å²) in [6.07, 6.45) is 1.70. The van der Waals surface area contributed by atoms with Crippen LogP contribution in [0.5, 0.6) is 5.75 Å². The van der Waals surface area contributed by atoms with Crippen LogP contribution >= 0.6 is 0 Å². The lowest BCUT2D eigenvalue weighted by Gasteiger charge is -2.27. The van der Waals surface area contributed by atoms with Gasteiger partial charge in [-0.3, -0.25) is 4.98 Å². The molecule has 0 fully saturated rings. The van der Waals surface area contributed by atoms with Crippen LogP contribution in [-0.2, 0) is 20.9 Å². The standard InChI is InChI=1S/C22H21N3O4/c1-3-27-22(26)19-14(2)29-21(24)18(12-23)20(19)15-7-6-9-17(11-15)28-13-16-8-4-5-10-25-16/h4-11,20H,3,13,24H2,1-2H3. The number of aromatic nitrogens is 1. The molecule has 0 saturated carbocycles. The molecule has 0 amide bonds. The van der Waals surface area contributed by atoms with Crippen LogP contribution in [0.1, 0.15) is 31.0 Å². The molecule has 29 heavy (non-hydrogen) atoms. The minimum absolute atomic E-state index is 0.0251. The Hall–Kier alpha value is -3.79. The molecule has 3 rings (SSSR count). The third-order valence-corrected chi connectivity index (χ3v) is 4.41. The Labute approximate surface area is 169 Å². The molecule has 2 aromatic rings. The van der Waals surface area contributed by atoms with Crippen molar-refractivity contribution in [1.29, 1.82) is 5.26 Å². The first-order chi connectivity index (χ1) is 14.0. The molecule has 1 aliphatic heterocycles. The van der Waals surface area contributed by atoms with E-state index in [1.807, 2.05) is 18.2 Å². The van der Waals surface area contributed by atoms with Crippen molar-refractivity contribution in [3.63, 3.8) is 0 Å². The second-order valence-corrected chi connectivity index (χ2v) is 6.30. The number of carbonyl (C=O) groups is 1. The Morgan fingerprint density at radius 1 is 1.31 bits per heavy atom. The molecule has 1 aromatic carbocycles. The van der Waals surface area contributed by atoms with Crippen molar-refractivity contribution >= 4 is 5.97 Å². The first-order valence-corrected chi connectivity index (χ1v) is 9.13. The van der Waals surface area contributed by atoms with Crippen molar-refractivity contribution in [2.75, 3.05) is 6.61 Å². The van der Waals surface area contributed by atoms with Gasteiger partial charge < -0.3 is 19.9 Å². The summed E-state index contributed by atoms with van der Waals surface area (Å²) in [4.78, 5) is 16.8. The van der Waals surface area contributed by atoms with Gasteiger partial charge in [-0.05, 0) is 43.7 Å². The van der Waals surface area contributed by atoms with Crippen molar-refractivity contribution < 1.29 is 19.0 Å². The number of nitrogens with two attached hydrogens (primary N) is 1. The van der Waals surface area contributed by atoms with E-state index in [2.05, 4.69) is 11.1 Å². The van der Waals surface area contributed by atoms with Crippen LogP contribution in [0, 0.1) is 11.3 Å². The fourth-order valence-electron chi connectivity index (χ4n) is 3.11. The van der Waals surface area contributed by atoms with Crippen molar-refractivity contribution in [2.45, 2.75) is 26.4 Å². The molecule has 1 aliphatic rings. The monoisotopic (exact) mass is 391 g/mol. The maximum atomic E-state index is 12.6. The zero-order chi connectivity index (χ0) is 20.8. The molecule has 2 N–H and O–H groups in total. The van der Waals surface area contributed by atoms with E-state index in [4.69, 9.17) is 19.9 Å². The van der Waals surface area contributed by atoms with Crippen LogP contribution in [0.4, 0.5) is 0 Å². The van der Waals surface area contributed by atoms with Crippen LogP contribution < -0.4 is 10.5 Å². The lowest BCUT2D eigenvalue weighted by molar-refractivity contribution is -0.139. The second-order valence-electron chi connectivity index (χ2n) is 6.30. The number of rotatable bonds is 6. The van der Waals surface area contributed by atoms with E-state index < -0.39 is 11.9 Å². The molecule has 148 valence electrons. The molecule has 1 atom stereocenters. The van der Waals surface area contributed by atoms with E-state index in [1.54, 1.807) is 44.3 Å². The summed E-state index contributed by atoms with van der Waals surface area (Å²) in [5.74, 6) is -0.384. The number of hydrogen-bond acceptors (Lipinski definition) is 7. The van der Waals surface area contributed by atoms with E-state index in [1.165, 1.54) is 0 Å². The number of nitrogens with zero attached hydrogens (tertiary/aromatic N) is 2. The summed E-state index contributed by atoms with van der Waals surface area (Å²) in [7, 11) is 0. The molecule has 0 spiro atoms. The van der Waals surface area contributed by atoms with E-state index in [9.17, 15) is 10.1 Å². The summed E-state index contributed by atoms with van der Waals surface area (Å²) < 4.78 is 16.4. The number of ether oxygens (including phenoxy) is 3. The van der Waals surface area contributed by atoms with Crippen LogP contribution in [0.25, 0.3) is 0 Å². The summed E-state index contributed by atoms with van der Waals surface area (Å²) in [6, 6.07) is 14.8. The maximum Gasteiger partial charge on any atom is 0.338 e. The molecular formula is C22H21N3O4. The number of carbonyl (C=O) groups excluding carboxylic acids is 1. The highest BCUT2D eigenvalue weighted by atomic mass is 16.5. The molecular weight excluding hydrogens is 370 g/mol. The molecule has 1 aromatic heterocycles. The second kappa shape index (κ2) is 8.93. The Kier molecular flexibility index (Phi) is 6.15. The molecule has 0 bridgehead atoms. The smallest absolute Gasteiger partial charge is 0.338 e. The minimum atomic E-state index is -0.703. The van der Waals surface area contributed by atoms with Gasteiger partial charge in [-0.2, -0.15) is 5.26 Å². The maximum absolute atomic E-state index is 12.6. The predicted molar refractivity (Wildman–Crippen MR) is 105 cm³/mol. The van der Waals surface area contributed by atoms with E-state index >= 15 is 0 Å². The first-order valence-electron chi connectivity index (χ1n) is 9.13. The zero-order valence-corrected chi connectivity index (χ0v) is 16.2. The van der Waals surface area contributed by atoms with Crippen molar-refractivity contribution in [2.24, 2.45) is 5.73 Å². The summed E-state index contributed by atoms with van der Waals surface area (Å²) in [5, 5.41) is 9.65. The van der Waals surface area contributed by atoms with Crippen LogP contribution in [-0.4, -0.2) is 17.6 Å². The topological polar surface area (TPSA) is 107 Å². The van der Waals surface area contributed by atoms with Gasteiger partial charge in [-0.15, -0.1) is 0 Å². The number of nitriles is 1. The van der Waals surface area contributed by atoms with Crippen LogP contribution in [0.15, 0.2) is 71.4 Å². The fourth-order valence-corrected chi connectivity index (χ4v) is 3.11. The number of benzene rings is 1. The summed E-state index contributed by atoms with van der Waals surface area (Å²) in [6.45, 7) is 3.84. The van der Waals surface area contributed by atoms with Crippen LogP contribution in [0.3, 0.4) is 0 Å². The van der Waals surface area contributed by atoms with Gasteiger partial charge in [-0.1, -0.05) is 18.2 Å². The van der Waals surface area contributed by atoms with Gasteiger partial charge in [0, 0.05) is 6.20 Å². The highest BCUT2D eigenvalue weighted by Crippen LogP contribution is 2.40. The summed E-state index contributed by atoms with van der Waals surface area (Å²) in [5.41, 5.74) is 7.79. The van der Waals surface area contributed by atoms with Crippen LogP contribution in [0.2, 0.25) is 0 Å². The van der Waals surface area contributed by atoms with Gasteiger partial charge >= 0.3 is 5.97 Å². The van der Waals surface area contributed by atoms with Gasteiger partial charge in [-0.25, -0.2) is 4.79 Å². The van der Waals surface area contributed by atoms with E-state index in [0.717, 1.165) is 5.69 Å². The van der Waals surface area contributed by atoms with Crippen molar-refractivity contribution in [3.8, 4) is 11.8 Å². The van der Waals surface area contributed by atoms with Gasteiger partial charge in [0.2, 0.25) is 5.88 Å². The highest BCUT2D eigenvalue weighted by Gasteiger charge is 2.36. The quantitative estimate of drug-likeness (QED) is 0.753. The lowest BCUT2D eigenvalue weighted by Crippen LogP contribution is -2.25. The third-order valence-electron chi connectivity index (χ3n) is 4.41. The Morgan fingerprint density at radius 2 is 2.14 bits per heavy atom. The summed E-state index contributed by atoms with van der Waals surface area (Å²) >= 11 is 0. The van der Waals surface area contributed by atoms with Gasteiger partial charge in [0.25, 0.3) is 0 Å². The molecule has 0 aliphatic carbocycles. The minimum Gasteiger partial charge on any atom is -0.487 e. The highest BCUT2D eigenvalue weighted by molar-refractivity contribution is 5.92. The average molecular weight is 391 g/mol. The molecule has 7 nitrogen and oxygen atoms in total. The number of pyridine rings is 1. The van der Waals surface area contributed by atoms with Gasteiger partial charge in [0.1, 0.15) is 29.8 Å². The molecule has 0 radical (unpaired) electrons. The number of allylic oxidation sites excluding steroid dienone is 2. The molecule has 7 heteroatoms. The SMILES string of the molecule is CCOC(=O)C1=C(C)OC(N)=C(C#N)C1c1cccc(OCc2ccccn2)c1. The Bertz CT molecular complexity index is 1010. The Morgan fingerprint density at radius 3 is 2.83 bits per heavy atom. The molecule has 0 saturated heterocycles. The normalized spacial score (nSPS) is 16.1. The first kappa shape index (κ1) is 20.0. The van der Waals surface area contributed by atoms with Gasteiger partial charge in [0.05, 0.1) is 23.8 Å². The van der Waals surface area contributed by atoms with Crippen molar-refractivity contribution in [3.05, 3.63) is 82.7 Å². The fraction of sp³-hybridized carbons (Fsp3) is 0.227. The molecule has 1 unspecified atom stereocenters. The van der Waals surface area contributed by atoms with Gasteiger partial charge in [0.15, 0.2) is 0 Å². The largest absolute Gasteiger partial charge is 0.487 e. The Balaban J connectivity index is 1.95. The number of hydrogen-bond donors (Lipinski definition) is 1. The van der Waals surface area contributed by atoms with E-state index in [-0.39, 0.29) is 23.6 Å². The average Bonchev–Trinajstić information content (AvgIpc) is 2.73. The van der Waals surface area contributed by atoms with E-state index in [0.29, 0.717) is 23.7 Å². The lowest BCUT2D eigenvalue weighted by atomic mass is 9.83. The van der Waals surface area contributed by atoms with Crippen molar-refractivity contribution in [1.82, 2.24) is 4.98 Å².